The average Bonchev–Trinajstić information content (AvgIpc) is 2.63. The third kappa shape index (κ3) is 3.63. The van der Waals surface area contributed by atoms with Crippen molar-refractivity contribution in [1.82, 2.24) is 4.98 Å². The molecule has 0 fully saturated rings. The fraction of sp³-hybridized carbons (Fsp3) is 0.158. The number of carbonyl (C=O) groups is 1. The highest BCUT2D eigenvalue weighted by Gasteiger charge is 2.10. The number of rotatable bonds is 5. The smallest absolute Gasteiger partial charge is 0.309 e. The zero-order valence-electron chi connectivity index (χ0n) is 13.9. The van der Waals surface area contributed by atoms with Crippen molar-refractivity contribution in [3.63, 3.8) is 0 Å². The quantitative estimate of drug-likeness (QED) is 0.717. The molecule has 1 aromatic heterocycles. The topological polar surface area (TPSA) is 77.9 Å². The molecule has 25 heavy (non-hydrogen) atoms. The molecule has 0 unspecified atom stereocenters. The zero-order valence-corrected chi connectivity index (χ0v) is 13.9. The summed E-state index contributed by atoms with van der Waals surface area (Å²) >= 11 is 0. The van der Waals surface area contributed by atoms with Crippen molar-refractivity contribution in [2.75, 3.05) is 14.2 Å². The number of phenols is 1. The van der Waals surface area contributed by atoms with Crippen molar-refractivity contribution in [3.05, 3.63) is 54.2 Å². The second-order valence-electron chi connectivity index (χ2n) is 5.35. The Balaban J connectivity index is 1.88. The van der Waals surface area contributed by atoms with Crippen LogP contribution in [0.4, 0.5) is 0 Å². The van der Waals surface area contributed by atoms with Crippen molar-refractivity contribution >= 4 is 16.9 Å². The molecule has 2 aromatic carbocycles. The number of phenolic OH excluding ortho intramolecular Hbond substituents is 1. The Hall–Kier alpha value is -3.28. The summed E-state index contributed by atoms with van der Waals surface area (Å²) in [6.45, 7) is 0. The van der Waals surface area contributed by atoms with E-state index in [1.807, 2.05) is 12.1 Å². The molecule has 0 radical (unpaired) electrons. The van der Waals surface area contributed by atoms with Crippen LogP contribution >= 0.6 is 0 Å². The average molecular weight is 339 g/mol. The van der Waals surface area contributed by atoms with Crippen LogP contribution in [0.15, 0.2) is 48.7 Å². The first-order valence-electron chi connectivity index (χ1n) is 7.60. The summed E-state index contributed by atoms with van der Waals surface area (Å²) in [7, 11) is 2.85. The first-order valence-corrected chi connectivity index (χ1v) is 7.60. The Morgan fingerprint density at radius 2 is 1.84 bits per heavy atom. The van der Waals surface area contributed by atoms with Crippen LogP contribution in [0.2, 0.25) is 0 Å². The molecule has 6 nitrogen and oxygen atoms in total. The highest BCUT2D eigenvalue weighted by Crippen LogP contribution is 2.36. The molecule has 0 amide bonds. The minimum absolute atomic E-state index is 0.0202. The fourth-order valence-corrected chi connectivity index (χ4v) is 2.43. The molecular weight excluding hydrogens is 322 g/mol. The molecule has 6 heteroatoms. The van der Waals surface area contributed by atoms with Gasteiger partial charge in [0, 0.05) is 17.6 Å². The molecule has 1 heterocycles. The van der Waals surface area contributed by atoms with Crippen molar-refractivity contribution in [2.45, 2.75) is 6.42 Å². The van der Waals surface area contributed by atoms with Gasteiger partial charge < -0.3 is 19.3 Å². The van der Waals surface area contributed by atoms with Gasteiger partial charge in [0.25, 0.3) is 0 Å². The SMILES string of the molecule is COC(=O)Cc1ccc(Oc2ccnc3cc(O)c(OC)cc23)cc1. The predicted molar refractivity (Wildman–Crippen MR) is 92.2 cm³/mol. The fourth-order valence-electron chi connectivity index (χ4n) is 2.43. The zero-order chi connectivity index (χ0) is 17.8. The third-order valence-electron chi connectivity index (χ3n) is 3.73. The summed E-state index contributed by atoms with van der Waals surface area (Å²) in [6.07, 6.45) is 1.82. The minimum atomic E-state index is -0.291. The standard InChI is InChI=1S/C19H17NO5/c1-23-18-10-14-15(11-16(18)21)20-8-7-17(14)25-13-5-3-12(4-6-13)9-19(22)24-2/h3-8,10-11,21H,9H2,1-2H3. The predicted octanol–water partition coefficient (Wildman–Crippen LogP) is 3.46. The van der Waals surface area contributed by atoms with E-state index >= 15 is 0 Å². The van der Waals surface area contributed by atoms with Gasteiger partial charge in [-0.25, -0.2) is 0 Å². The summed E-state index contributed by atoms with van der Waals surface area (Å²) in [6, 6.07) is 12.1. The number of pyridine rings is 1. The number of hydrogen-bond acceptors (Lipinski definition) is 6. The van der Waals surface area contributed by atoms with Gasteiger partial charge in [-0.1, -0.05) is 12.1 Å². The number of fused-ring (bicyclic) bond motifs is 1. The number of nitrogens with zero attached hydrogens (tertiary/aromatic N) is 1. The summed E-state index contributed by atoms with van der Waals surface area (Å²) in [5.41, 5.74) is 1.43. The lowest BCUT2D eigenvalue weighted by Gasteiger charge is -2.11. The Kier molecular flexibility index (Phi) is 4.70. The van der Waals surface area contributed by atoms with Gasteiger partial charge in [0.05, 0.1) is 26.2 Å². The maximum atomic E-state index is 11.3. The number of methoxy groups -OCH3 is 2. The molecule has 128 valence electrons. The maximum Gasteiger partial charge on any atom is 0.309 e. The Morgan fingerprint density at radius 1 is 1.08 bits per heavy atom. The van der Waals surface area contributed by atoms with Gasteiger partial charge >= 0.3 is 5.97 Å². The summed E-state index contributed by atoms with van der Waals surface area (Å²) in [5.74, 6) is 1.28. The van der Waals surface area contributed by atoms with Gasteiger partial charge in [0.2, 0.25) is 0 Å². The molecule has 3 aromatic rings. The van der Waals surface area contributed by atoms with Crippen LogP contribution in [0.1, 0.15) is 5.56 Å². The molecule has 3 rings (SSSR count). The van der Waals surface area contributed by atoms with Crippen LogP contribution in [0.5, 0.6) is 23.0 Å². The molecule has 1 N–H and O–H groups in total. The van der Waals surface area contributed by atoms with Crippen molar-refractivity contribution in [2.24, 2.45) is 0 Å². The lowest BCUT2D eigenvalue weighted by atomic mass is 10.1. The number of aromatic hydroxyl groups is 1. The number of hydrogen-bond donors (Lipinski definition) is 1. The molecular formula is C19H17NO5. The molecule has 0 aliphatic carbocycles. The normalized spacial score (nSPS) is 10.5. The molecule has 0 bridgehead atoms. The molecule has 0 aliphatic heterocycles. The first-order chi connectivity index (χ1) is 12.1. The lowest BCUT2D eigenvalue weighted by molar-refractivity contribution is -0.139. The Bertz CT molecular complexity index is 906. The van der Waals surface area contributed by atoms with E-state index in [9.17, 15) is 9.90 Å². The monoisotopic (exact) mass is 339 g/mol. The van der Waals surface area contributed by atoms with Crippen LogP contribution in [0, 0.1) is 0 Å². The Morgan fingerprint density at radius 3 is 2.52 bits per heavy atom. The largest absolute Gasteiger partial charge is 0.504 e. The number of ether oxygens (including phenoxy) is 3. The maximum absolute atomic E-state index is 11.3. The summed E-state index contributed by atoms with van der Waals surface area (Å²) in [4.78, 5) is 15.5. The van der Waals surface area contributed by atoms with Crippen LogP contribution in [0.25, 0.3) is 10.9 Å². The Labute approximate surface area is 144 Å². The number of carbonyl (C=O) groups excluding carboxylic acids is 1. The van der Waals surface area contributed by atoms with Gasteiger partial charge in [-0.2, -0.15) is 0 Å². The number of esters is 1. The second kappa shape index (κ2) is 7.09. The highest BCUT2D eigenvalue weighted by atomic mass is 16.5. The molecule has 0 saturated heterocycles. The third-order valence-corrected chi connectivity index (χ3v) is 3.73. The van der Waals surface area contributed by atoms with Crippen molar-refractivity contribution in [1.29, 1.82) is 0 Å². The van der Waals surface area contributed by atoms with E-state index < -0.39 is 0 Å². The van der Waals surface area contributed by atoms with Crippen molar-refractivity contribution < 1.29 is 24.1 Å². The van der Waals surface area contributed by atoms with Crippen molar-refractivity contribution in [3.8, 4) is 23.0 Å². The molecule has 0 spiro atoms. The van der Waals surface area contributed by atoms with E-state index in [4.69, 9.17) is 9.47 Å². The minimum Gasteiger partial charge on any atom is -0.504 e. The van der Waals surface area contributed by atoms with Crippen LogP contribution in [0.3, 0.4) is 0 Å². The van der Waals surface area contributed by atoms with E-state index in [2.05, 4.69) is 9.72 Å². The first kappa shape index (κ1) is 16.6. The van der Waals surface area contributed by atoms with Gasteiger partial charge in [-0.15, -0.1) is 0 Å². The van der Waals surface area contributed by atoms with Crippen LogP contribution in [-0.2, 0) is 16.0 Å². The van der Waals surface area contributed by atoms with E-state index in [0.29, 0.717) is 22.8 Å². The highest BCUT2D eigenvalue weighted by molar-refractivity contribution is 5.88. The van der Waals surface area contributed by atoms with Gasteiger partial charge in [0.15, 0.2) is 11.5 Å². The number of aromatic nitrogens is 1. The van der Waals surface area contributed by atoms with Gasteiger partial charge in [0.1, 0.15) is 11.5 Å². The summed E-state index contributed by atoms with van der Waals surface area (Å²) < 4.78 is 15.7. The van der Waals surface area contributed by atoms with E-state index in [1.165, 1.54) is 20.3 Å². The van der Waals surface area contributed by atoms with E-state index in [0.717, 1.165) is 10.9 Å². The van der Waals surface area contributed by atoms with Crippen LogP contribution in [-0.4, -0.2) is 30.3 Å². The van der Waals surface area contributed by atoms with E-state index in [1.54, 1.807) is 30.5 Å². The van der Waals surface area contributed by atoms with Gasteiger partial charge in [-0.3, -0.25) is 9.78 Å². The number of benzene rings is 2. The second-order valence-corrected chi connectivity index (χ2v) is 5.35. The van der Waals surface area contributed by atoms with Gasteiger partial charge in [-0.05, 0) is 29.8 Å². The molecule has 0 aliphatic rings. The molecule has 0 saturated carbocycles. The summed E-state index contributed by atoms with van der Waals surface area (Å²) in [5, 5.41) is 10.6. The van der Waals surface area contributed by atoms with Crippen LogP contribution < -0.4 is 9.47 Å². The molecule has 0 atom stereocenters. The lowest BCUT2D eigenvalue weighted by Crippen LogP contribution is -2.04. The van der Waals surface area contributed by atoms with E-state index in [-0.39, 0.29) is 18.1 Å².